The summed E-state index contributed by atoms with van der Waals surface area (Å²) in [5.74, 6) is -1.06. The lowest BCUT2D eigenvalue weighted by Crippen LogP contribution is -2.36. The molecule has 0 radical (unpaired) electrons. The minimum absolute atomic E-state index is 0.137. The number of ether oxygens (including phenoxy) is 3. The Morgan fingerprint density at radius 1 is 1.11 bits per heavy atom. The van der Waals surface area contributed by atoms with Crippen molar-refractivity contribution >= 4 is 15.9 Å². The van der Waals surface area contributed by atoms with E-state index in [1.165, 1.54) is 43.5 Å². The summed E-state index contributed by atoms with van der Waals surface area (Å²) in [6, 6.07) is 11.5. The number of benzene rings is 1. The molecule has 1 N–H and O–H groups in total. The first kappa shape index (κ1) is 29.0. The van der Waals surface area contributed by atoms with E-state index in [1.807, 2.05) is 18.6 Å². The third kappa shape index (κ3) is 7.72. The lowest BCUT2D eigenvalue weighted by atomic mass is 10.1. The first-order valence-electron chi connectivity index (χ1n) is 11.9. The van der Waals surface area contributed by atoms with E-state index >= 15 is 0 Å². The predicted molar refractivity (Wildman–Crippen MR) is 140 cm³/mol. The van der Waals surface area contributed by atoms with Crippen molar-refractivity contribution < 1.29 is 31.8 Å². The van der Waals surface area contributed by atoms with Gasteiger partial charge in [0.05, 0.1) is 18.9 Å². The van der Waals surface area contributed by atoms with Crippen molar-refractivity contribution in [2.75, 3.05) is 20.3 Å². The fourth-order valence-corrected chi connectivity index (χ4v) is 4.42. The SMILES string of the molecule is COCC(C)(C)Oc1nc(-c2cc(F)cc(OCC(C)C)c2)ccc1C(=O)NS(=O)(=O)c1cccc(C)n1. The Hall–Kier alpha value is -3.57. The standard InChI is InChI=1S/C27H32FN3O6S/c1-17(2)15-36-21-13-19(12-20(28)14-21)23-11-10-22(26(30-23)37-27(4,5)16-35-6)25(32)31-38(33,34)24-9-7-8-18(3)29-24/h7-14,17H,15-16H2,1-6H3,(H,31,32). The third-order valence-electron chi connectivity index (χ3n) is 5.09. The molecular formula is C27H32FN3O6S. The second kappa shape index (κ2) is 11.9. The number of pyridine rings is 2. The highest BCUT2D eigenvalue weighted by atomic mass is 32.2. The number of carbonyl (C=O) groups is 1. The molecule has 0 bridgehead atoms. The summed E-state index contributed by atoms with van der Waals surface area (Å²) in [7, 11) is -2.78. The zero-order valence-electron chi connectivity index (χ0n) is 22.2. The van der Waals surface area contributed by atoms with Gasteiger partial charge in [-0.15, -0.1) is 0 Å². The van der Waals surface area contributed by atoms with Gasteiger partial charge in [-0.2, -0.15) is 8.42 Å². The number of amides is 1. The van der Waals surface area contributed by atoms with Crippen molar-refractivity contribution in [1.29, 1.82) is 0 Å². The second-order valence-electron chi connectivity index (χ2n) is 9.78. The number of methoxy groups -OCH3 is 1. The van der Waals surface area contributed by atoms with E-state index in [-0.39, 0.29) is 29.0 Å². The number of nitrogens with zero attached hydrogens (tertiary/aromatic N) is 2. The quantitative estimate of drug-likeness (QED) is 0.373. The molecule has 2 aromatic heterocycles. The topological polar surface area (TPSA) is 117 Å². The second-order valence-corrected chi connectivity index (χ2v) is 11.4. The van der Waals surface area contributed by atoms with E-state index in [2.05, 4.69) is 9.97 Å². The number of sulfonamides is 1. The molecule has 1 amide bonds. The highest BCUT2D eigenvalue weighted by Crippen LogP contribution is 2.30. The Kier molecular flexibility index (Phi) is 9.05. The molecule has 3 rings (SSSR count). The molecule has 1 aromatic carbocycles. The number of carbonyl (C=O) groups excluding carboxylic acids is 1. The summed E-state index contributed by atoms with van der Waals surface area (Å²) in [6.07, 6.45) is 0. The molecule has 0 spiro atoms. The van der Waals surface area contributed by atoms with Crippen LogP contribution in [-0.4, -0.2) is 50.2 Å². The van der Waals surface area contributed by atoms with Gasteiger partial charge in [0, 0.05) is 24.4 Å². The Labute approximate surface area is 222 Å². The largest absolute Gasteiger partial charge is 0.493 e. The molecule has 0 saturated carbocycles. The van der Waals surface area contributed by atoms with Crippen LogP contribution in [0.3, 0.4) is 0 Å². The monoisotopic (exact) mass is 545 g/mol. The van der Waals surface area contributed by atoms with Gasteiger partial charge in [0.15, 0.2) is 5.03 Å². The molecule has 38 heavy (non-hydrogen) atoms. The summed E-state index contributed by atoms with van der Waals surface area (Å²) in [5, 5.41) is -0.300. The van der Waals surface area contributed by atoms with Gasteiger partial charge < -0.3 is 14.2 Å². The Bertz CT molecular complexity index is 1410. The molecule has 0 aliphatic heterocycles. The minimum atomic E-state index is -4.27. The van der Waals surface area contributed by atoms with Crippen LogP contribution in [0.15, 0.2) is 53.6 Å². The number of hydrogen-bond donors (Lipinski definition) is 1. The van der Waals surface area contributed by atoms with Crippen LogP contribution in [-0.2, 0) is 14.8 Å². The summed E-state index contributed by atoms with van der Waals surface area (Å²) < 4.78 is 58.9. The van der Waals surface area contributed by atoms with Crippen molar-refractivity contribution in [3.63, 3.8) is 0 Å². The van der Waals surface area contributed by atoms with E-state index in [1.54, 1.807) is 32.9 Å². The molecule has 0 aliphatic carbocycles. The molecule has 3 aromatic rings. The Balaban J connectivity index is 2.02. The van der Waals surface area contributed by atoms with E-state index in [0.29, 0.717) is 29.3 Å². The van der Waals surface area contributed by atoms with E-state index in [0.717, 1.165) is 0 Å². The fraction of sp³-hybridized carbons (Fsp3) is 0.370. The van der Waals surface area contributed by atoms with Gasteiger partial charge in [-0.1, -0.05) is 19.9 Å². The average molecular weight is 546 g/mol. The van der Waals surface area contributed by atoms with Crippen molar-refractivity contribution in [2.24, 2.45) is 5.92 Å². The summed E-state index contributed by atoms with van der Waals surface area (Å²) in [5.41, 5.74) is 0.0914. The van der Waals surface area contributed by atoms with Gasteiger partial charge in [-0.25, -0.2) is 19.1 Å². The molecular weight excluding hydrogens is 513 g/mol. The first-order chi connectivity index (χ1) is 17.8. The summed E-state index contributed by atoms with van der Waals surface area (Å²) >= 11 is 0. The molecule has 0 aliphatic rings. The van der Waals surface area contributed by atoms with Crippen molar-refractivity contribution in [3.05, 3.63) is 65.6 Å². The molecule has 9 nitrogen and oxygen atoms in total. The zero-order chi connectivity index (χ0) is 28.1. The lowest BCUT2D eigenvalue weighted by molar-refractivity contribution is 0.0144. The summed E-state index contributed by atoms with van der Waals surface area (Å²) in [4.78, 5) is 21.6. The Morgan fingerprint density at radius 3 is 2.50 bits per heavy atom. The van der Waals surface area contributed by atoms with Crippen LogP contribution in [0.4, 0.5) is 4.39 Å². The molecule has 11 heteroatoms. The van der Waals surface area contributed by atoms with Gasteiger partial charge >= 0.3 is 0 Å². The Morgan fingerprint density at radius 2 is 1.84 bits per heavy atom. The van der Waals surface area contributed by atoms with Crippen LogP contribution in [0.2, 0.25) is 0 Å². The number of nitrogens with one attached hydrogen (secondary N) is 1. The highest BCUT2D eigenvalue weighted by molar-refractivity contribution is 7.90. The predicted octanol–water partition coefficient (Wildman–Crippen LogP) is 4.55. The normalized spacial score (nSPS) is 11.9. The van der Waals surface area contributed by atoms with Gasteiger partial charge in [0.1, 0.15) is 22.7 Å². The molecule has 2 heterocycles. The number of halogens is 1. The van der Waals surface area contributed by atoms with Crippen LogP contribution in [0.1, 0.15) is 43.7 Å². The maximum absolute atomic E-state index is 14.4. The molecule has 0 fully saturated rings. The van der Waals surface area contributed by atoms with Crippen molar-refractivity contribution in [2.45, 2.75) is 45.2 Å². The van der Waals surface area contributed by atoms with E-state index in [9.17, 15) is 17.6 Å². The van der Waals surface area contributed by atoms with Crippen molar-refractivity contribution in [1.82, 2.24) is 14.7 Å². The minimum Gasteiger partial charge on any atom is -0.493 e. The number of hydrogen-bond acceptors (Lipinski definition) is 8. The number of aryl methyl sites for hydroxylation is 1. The zero-order valence-corrected chi connectivity index (χ0v) is 23.1. The van der Waals surface area contributed by atoms with Crippen LogP contribution in [0.5, 0.6) is 11.6 Å². The highest BCUT2D eigenvalue weighted by Gasteiger charge is 2.28. The fourth-order valence-electron chi connectivity index (χ4n) is 3.44. The van der Waals surface area contributed by atoms with Crippen LogP contribution in [0.25, 0.3) is 11.3 Å². The maximum atomic E-state index is 14.4. The van der Waals surface area contributed by atoms with Gasteiger partial charge in [0.2, 0.25) is 5.88 Å². The van der Waals surface area contributed by atoms with Crippen molar-refractivity contribution in [3.8, 4) is 22.9 Å². The van der Waals surface area contributed by atoms with Gasteiger partial charge in [-0.3, -0.25) is 4.79 Å². The van der Waals surface area contributed by atoms with E-state index in [4.69, 9.17) is 14.2 Å². The third-order valence-corrected chi connectivity index (χ3v) is 6.32. The van der Waals surface area contributed by atoms with Crippen LogP contribution in [0, 0.1) is 18.7 Å². The first-order valence-corrected chi connectivity index (χ1v) is 13.4. The number of rotatable bonds is 11. The van der Waals surface area contributed by atoms with E-state index < -0.39 is 27.3 Å². The van der Waals surface area contributed by atoms with Gasteiger partial charge in [0.25, 0.3) is 15.9 Å². The average Bonchev–Trinajstić information content (AvgIpc) is 2.81. The van der Waals surface area contributed by atoms with Crippen LogP contribution >= 0.6 is 0 Å². The molecule has 0 saturated heterocycles. The molecule has 0 atom stereocenters. The lowest BCUT2D eigenvalue weighted by Gasteiger charge is -2.26. The summed E-state index contributed by atoms with van der Waals surface area (Å²) in [6.45, 7) is 9.59. The molecule has 204 valence electrons. The maximum Gasteiger partial charge on any atom is 0.281 e. The molecule has 0 unspecified atom stereocenters. The van der Waals surface area contributed by atoms with Crippen LogP contribution < -0.4 is 14.2 Å². The smallest absolute Gasteiger partial charge is 0.281 e. The number of aromatic nitrogens is 2. The van der Waals surface area contributed by atoms with Gasteiger partial charge in [-0.05, 0) is 63.1 Å².